The summed E-state index contributed by atoms with van der Waals surface area (Å²) >= 11 is 2.83. The van der Waals surface area contributed by atoms with Crippen molar-refractivity contribution in [2.24, 2.45) is 7.05 Å². The van der Waals surface area contributed by atoms with Crippen LogP contribution in [0.25, 0.3) is 21.5 Å². The fraction of sp³-hybridized carbons (Fsp3) is 0.316. The molecule has 2 aromatic heterocycles. The van der Waals surface area contributed by atoms with Crippen LogP contribution in [-0.2, 0) is 16.6 Å². The maximum atomic E-state index is 14.2. The number of aryl methyl sites for hydroxylation is 1. The van der Waals surface area contributed by atoms with Crippen LogP contribution < -0.4 is 5.32 Å². The lowest BCUT2D eigenvalue weighted by molar-refractivity contribution is -0.142. The molecule has 0 radical (unpaired) electrons. The standard InChI is InChI=1S/C19H20FN3O3S2/c1-23-18-12(16(22-23)11-6-4-5-7-13(11)20)10-15(28-18)17(24)21-14(8-9-27-3)19(25)26-2/h4-7,10,14H,8-9H2,1-3H3,(H,21,24)/t14-/m0/s1. The van der Waals surface area contributed by atoms with E-state index in [1.54, 1.807) is 47.8 Å². The molecule has 9 heteroatoms. The third-order valence-corrected chi connectivity index (χ3v) is 6.11. The van der Waals surface area contributed by atoms with E-state index in [1.807, 2.05) is 6.26 Å². The van der Waals surface area contributed by atoms with Gasteiger partial charge in [-0.25, -0.2) is 9.18 Å². The number of benzene rings is 1. The number of nitrogens with one attached hydrogen (secondary N) is 1. The molecule has 148 valence electrons. The van der Waals surface area contributed by atoms with Gasteiger partial charge in [-0.15, -0.1) is 11.3 Å². The maximum Gasteiger partial charge on any atom is 0.328 e. The highest BCUT2D eigenvalue weighted by Crippen LogP contribution is 2.34. The Balaban J connectivity index is 1.92. The number of thiophene rings is 1. The quantitative estimate of drug-likeness (QED) is 0.592. The summed E-state index contributed by atoms with van der Waals surface area (Å²) in [5, 5.41) is 7.84. The largest absolute Gasteiger partial charge is 0.467 e. The summed E-state index contributed by atoms with van der Waals surface area (Å²) in [6, 6.07) is 7.37. The Morgan fingerprint density at radius 1 is 1.39 bits per heavy atom. The van der Waals surface area contributed by atoms with E-state index in [-0.39, 0.29) is 11.7 Å². The molecule has 0 bridgehead atoms. The lowest BCUT2D eigenvalue weighted by Gasteiger charge is -2.15. The van der Waals surface area contributed by atoms with Gasteiger partial charge in [0, 0.05) is 18.0 Å². The van der Waals surface area contributed by atoms with Crippen molar-refractivity contribution in [3.63, 3.8) is 0 Å². The Morgan fingerprint density at radius 3 is 2.82 bits per heavy atom. The van der Waals surface area contributed by atoms with Crippen molar-refractivity contribution in [3.05, 3.63) is 41.0 Å². The van der Waals surface area contributed by atoms with Crippen molar-refractivity contribution in [1.29, 1.82) is 0 Å². The van der Waals surface area contributed by atoms with E-state index >= 15 is 0 Å². The van der Waals surface area contributed by atoms with Crippen LogP contribution in [0.4, 0.5) is 4.39 Å². The average Bonchev–Trinajstić information content (AvgIpc) is 3.25. The fourth-order valence-electron chi connectivity index (χ4n) is 2.86. The number of ether oxygens (including phenoxy) is 1. The third kappa shape index (κ3) is 4.05. The van der Waals surface area contributed by atoms with E-state index in [0.717, 1.165) is 4.83 Å². The number of amides is 1. The van der Waals surface area contributed by atoms with Gasteiger partial charge >= 0.3 is 5.97 Å². The van der Waals surface area contributed by atoms with Crippen LogP contribution in [0.15, 0.2) is 30.3 Å². The zero-order valence-corrected chi connectivity index (χ0v) is 17.3. The van der Waals surface area contributed by atoms with Crippen molar-refractivity contribution in [1.82, 2.24) is 15.1 Å². The van der Waals surface area contributed by atoms with Gasteiger partial charge in [0.1, 0.15) is 22.4 Å². The number of carbonyl (C=O) groups excluding carboxylic acids is 2. The van der Waals surface area contributed by atoms with Gasteiger partial charge in [-0.2, -0.15) is 16.9 Å². The van der Waals surface area contributed by atoms with Crippen molar-refractivity contribution >= 4 is 45.2 Å². The summed E-state index contributed by atoms with van der Waals surface area (Å²) in [5.41, 5.74) is 0.864. The number of esters is 1. The van der Waals surface area contributed by atoms with E-state index in [9.17, 15) is 14.0 Å². The zero-order chi connectivity index (χ0) is 20.3. The number of halogens is 1. The van der Waals surface area contributed by atoms with Gasteiger partial charge in [0.15, 0.2) is 0 Å². The molecule has 0 aliphatic rings. The number of fused-ring (bicyclic) bond motifs is 1. The first-order valence-electron chi connectivity index (χ1n) is 8.55. The van der Waals surface area contributed by atoms with Gasteiger partial charge in [-0.1, -0.05) is 12.1 Å². The molecule has 1 amide bonds. The minimum absolute atomic E-state index is 0.364. The molecule has 0 aliphatic carbocycles. The second kappa shape index (κ2) is 8.74. The van der Waals surface area contributed by atoms with E-state index in [1.165, 1.54) is 24.5 Å². The van der Waals surface area contributed by atoms with Crippen LogP contribution in [0, 0.1) is 5.82 Å². The summed E-state index contributed by atoms with van der Waals surface area (Å²) in [6.45, 7) is 0. The van der Waals surface area contributed by atoms with Crippen LogP contribution >= 0.6 is 23.1 Å². The summed E-state index contributed by atoms with van der Waals surface area (Å²) < 4.78 is 20.6. The first-order chi connectivity index (χ1) is 13.5. The number of aromatic nitrogens is 2. The lowest BCUT2D eigenvalue weighted by atomic mass is 10.1. The lowest BCUT2D eigenvalue weighted by Crippen LogP contribution is -2.41. The fourth-order valence-corrected chi connectivity index (χ4v) is 4.31. The number of carbonyl (C=O) groups is 2. The molecule has 1 N–H and O–H groups in total. The minimum Gasteiger partial charge on any atom is -0.467 e. The first kappa shape index (κ1) is 20.3. The van der Waals surface area contributed by atoms with E-state index in [4.69, 9.17) is 4.74 Å². The van der Waals surface area contributed by atoms with Gasteiger partial charge in [-0.05, 0) is 36.6 Å². The molecule has 0 saturated carbocycles. The number of methoxy groups -OCH3 is 1. The van der Waals surface area contributed by atoms with E-state index in [2.05, 4.69) is 10.4 Å². The predicted molar refractivity (Wildman–Crippen MR) is 110 cm³/mol. The molecule has 2 heterocycles. The van der Waals surface area contributed by atoms with Gasteiger partial charge < -0.3 is 10.1 Å². The number of hydrogen-bond acceptors (Lipinski definition) is 6. The Labute approximate surface area is 170 Å². The molecule has 0 fully saturated rings. The molecule has 1 aromatic carbocycles. The van der Waals surface area contributed by atoms with Crippen molar-refractivity contribution in [2.75, 3.05) is 19.1 Å². The zero-order valence-electron chi connectivity index (χ0n) is 15.7. The summed E-state index contributed by atoms with van der Waals surface area (Å²) in [6.07, 6.45) is 2.41. The normalized spacial score (nSPS) is 12.1. The molecular formula is C19H20FN3O3S2. The van der Waals surface area contributed by atoms with E-state index < -0.39 is 12.0 Å². The molecule has 28 heavy (non-hydrogen) atoms. The monoisotopic (exact) mass is 421 g/mol. The number of nitrogens with zero attached hydrogens (tertiary/aromatic N) is 2. The Hall–Kier alpha value is -2.39. The number of hydrogen-bond donors (Lipinski definition) is 1. The van der Waals surface area contributed by atoms with Crippen LogP contribution in [0.3, 0.4) is 0 Å². The highest BCUT2D eigenvalue weighted by molar-refractivity contribution is 7.98. The summed E-state index contributed by atoms with van der Waals surface area (Å²) in [5.74, 6) is -0.495. The van der Waals surface area contributed by atoms with Gasteiger partial charge in [-0.3, -0.25) is 9.48 Å². The second-order valence-corrected chi connectivity index (χ2v) is 8.13. The third-order valence-electron chi connectivity index (χ3n) is 4.27. The van der Waals surface area contributed by atoms with Crippen molar-refractivity contribution in [2.45, 2.75) is 12.5 Å². The van der Waals surface area contributed by atoms with Gasteiger partial charge in [0.05, 0.1) is 12.0 Å². The van der Waals surface area contributed by atoms with Crippen molar-refractivity contribution < 1.29 is 18.7 Å². The molecule has 0 saturated heterocycles. The predicted octanol–water partition coefficient (Wildman–Crippen LogP) is 3.47. The molecule has 3 rings (SSSR count). The molecule has 0 aliphatic heterocycles. The Bertz CT molecular complexity index is 1020. The van der Waals surface area contributed by atoms with Crippen molar-refractivity contribution in [3.8, 4) is 11.3 Å². The molecule has 1 atom stereocenters. The first-order valence-corrected chi connectivity index (χ1v) is 10.8. The summed E-state index contributed by atoms with van der Waals surface area (Å²) in [7, 11) is 3.05. The molecule has 0 unspecified atom stereocenters. The van der Waals surface area contributed by atoms with Crippen LogP contribution in [0.5, 0.6) is 0 Å². The molecular weight excluding hydrogens is 401 g/mol. The number of rotatable bonds is 7. The highest BCUT2D eigenvalue weighted by atomic mass is 32.2. The smallest absolute Gasteiger partial charge is 0.328 e. The van der Waals surface area contributed by atoms with Crippen LogP contribution in [0.1, 0.15) is 16.1 Å². The molecule has 3 aromatic rings. The summed E-state index contributed by atoms with van der Waals surface area (Å²) in [4.78, 5) is 25.8. The topological polar surface area (TPSA) is 73.2 Å². The van der Waals surface area contributed by atoms with Crippen LogP contribution in [0.2, 0.25) is 0 Å². The Morgan fingerprint density at radius 2 is 2.14 bits per heavy atom. The molecule has 0 spiro atoms. The second-order valence-electron chi connectivity index (χ2n) is 6.11. The minimum atomic E-state index is -0.709. The van der Waals surface area contributed by atoms with Gasteiger partial charge in [0.25, 0.3) is 5.91 Å². The maximum absolute atomic E-state index is 14.2. The molecule has 6 nitrogen and oxygen atoms in total. The van der Waals surface area contributed by atoms with E-state index in [0.29, 0.717) is 33.7 Å². The highest BCUT2D eigenvalue weighted by Gasteiger charge is 2.24. The van der Waals surface area contributed by atoms with Crippen LogP contribution in [-0.4, -0.2) is 46.8 Å². The SMILES string of the molecule is COC(=O)[C@H](CCSC)NC(=O)c1cc2c(-c3ccccc3F)nn(C)c2s1. The average molecular weight is 422 g/mol. The number of thioether (sulfide) groups is 1. The Kier molecular flexibility index (Phi) is 6.35. The van der Waals surface area contributed by atoms with Gasteiger partial charge in [0.2, 0.25) is 0 Å².